The van der Waals surface area contributed by atoms with E-state index in [0.29, 0.717) is 16.0 Å². The topological polar surface area (TPSA) is 70.8 Å². The second-order valence-electron chi connectivity index (χ2n) is 4.93. The molecular weight excluding hydrogens is 362 g/mol. The molecule has 1 aromatic rings. The molecule has 0 bridgehead atoms. The van der Waals surface area contributed by atoms with Crippen LogP contribution < -0.4 is 15.2 Å². The Morgan fingerprint density at radius 1 is 1.19 bits per heavy atom. The Kier molecular flexibility index (Phi) is 7.50. The molecule has 0 heterocycles. The highest BCUT2D eigenvalue weighted by atomic mass is 79.9. The monoisotopic (exact) mass is 381 g/mol. The Hall–Kier alpha value is -0.980. The molecule has 2 N–H and O–H groups in total. The number of carbonyl (C=O) groups excluding carboxylic acids is 1. The number of esters is 1. The first-order valence-electron chi connectivity index (χ1n) is 6.05. The van der Waals surface area contributed by atoms with Gasteiger partial charge < -0.3 is 19.9 Å². The van der Waals surface area contributed by atoms with Crippen molar-refractivity contribution in [3.05, 3.63) is 22.2 Å². The molecule has 0 saturated carbocycles. The average molecular weight is 383 g/mol. The van der Waals surface area contributed by atoms with E-state index >= 15 is 0 Å². The van der Waals surface area contributed by atoms with Crippen LogP contribution in [-0.2, 0) is 9.53 Å². The van der Waals surface area contributed by atoms with E-state index in [4.69, 9.17) is 19.9 Å². The first-order chi connectivity index (χ1) is 9.29. The third-order valence-electron chi connectivity index (χ3n) is 3.32. The molecule has 5 nitrogen and oxygen atoms in total. The molecule has 0 unspecified atom stereocenters. The average Bonchev–Trinajstić information content (AvgIpc) is 2.45. The molecule has 0 saturated heterocycles. The molecule has 7 heteroatoms. The molecule has 0 fully saturated rings. The summed E-state index contributed by atoms with van der Waals surface area (Å²) in [5, 5.41) is 0. The number of nitrogens with two attached hydrogens (primary N) is 1. The molecule has 0 amide bonds. The third-order valence-corrected chi connectivity index (χ3v) is 4.10. The Morgan fingerprint density at radius 3 is 1.95 bits per heavy atom. The van der Waals surface area contributed by atoms with Gasteiger partial charge in [0.15, 0.2) is 0 Å². The van der Waals surface area contributed by atoms with Gasteiger partial charge in [0, 0.05) is 6.04 Å². The molecule has 1 aromatic carbocycles. The number of carbonyl (C=O) groups is 1. The Morgan fingerprint density at radius 2 is 1.62 bits per heavy atom. The number of ether oxygens (including phenoxy) is 3. The van der Waals surface area contributed by atoms with Gasteiger partial charge in [0.2, 0.25) is 0 Å². The third kappa shape index (κ3) is 4.02. The molecule has 120 valence electrons. The van der Waals surface area contributed by atoms with Crippen LogP contribution in [0.5, 0.6) is 11.5 Å². The van der Waals surface area contributed by atoms with Crippen LogP contribution >= 0.6 is 28.3 Å². The summed E-state index contributed by atoms with van der Waals surface area (Å²) in [6.07, 6.45) is 0. The first-order valence-corrected chi connectivity index (χ1v) is 6.84. The smallest absolute Gasteiger partial charge is 0.313 e. The van der Waals surface area contributed by atoms with Gasteiger partial charge in [0.25, 0.3) is 0 Å². The summed E-state index contributed by atoms with van der Waals surface area (Å²) in [6, 6.07) is 3.01. The minimum Gasteiger partial charge on any atom is -0.495 e. The zero-order chi connectivity index (χ0) is 15.5. The van der Waals surface area contributed by atoms with E-state index in [1.165, 1.54) is 7.11 Å². The highest BCUT2D eigenvalue weighted by Crippen LogP contribution is 2.40. The quantitative estimate of drug-likeness (QED) is 0.792. The SMILES string of the molecule is COC(=O)C(C)(C)[C@@H](N)c1cc(OC)c(Br)c(OC)c1.Cl. The fourth-order valence-corrected chi connectivity index (χ4v) is 2.43. The van der Waals surface area contributed by atoms with Crippen molar-refractivity contribution in [2.75, 3.05) is 21.3 Å². The minimum absolute atomic E-state index is 0. The van der Waals surface area contributed by atoms with Crippen molar-refractivity contribution in [2.24, 2.45) is 11.1 Å². The van der Waals surface area contributed by atoms with Gasteiger partial charge in [-0.2, -0.15) is 0 Å². The van der Waals surface area contributed by atoms with Crippen LogP contribution in [0.1, 0.15) is 25.5 Å². The first kappa shape index (κ1) is 20.0. The second kappa shape index (κ2) is 7.87. The van der Waals surface area contributed by atoms with Gasteiger partial charge >= 0.3 is 5.97 Å². The minimum atomic E-state index is -0.862. The van der Waals surface area contributed by atoms with E-state index in [2.05, 4.69) is 15.9 Å². The van der Waals surface area contributed by atoms with Crippen LogP contribution in [0.15, 0.2) is 16.6 Å². The van der Waals surface area contributed by atoms with Crippen molar-refractivity contribution in [3.63, 3.8) is 0 Å². The van der Waals surface area contributed by atoms with Gasteiger partial charge in [-0.15, -0.1) is 12.4 Å². The number of hydrogen-bond donors (Lipinski definition) is 1. The van der Waals surface area contributed by atoms with Crippen molar-refractivity contribution >= 4 is 34.3 Å². The van der Waals surface area contributed by atoms with Gasteiger partial charge in [-0.05, 0) is 47.5 Å². The summed E-state index contributed by atoms with van der Waals surface area (Å²) < 4.78 is 16.1. The van der Waals surface area contributed by atoms with Gasteiger partial charge in [-0.1, -0.05) is 0 Å². The summed E-state index contributed by atoms with van der Waals surface area (Å²) in [7, 11) is 4.46. The van der Waals surface area contributed by atoms with Crippen LogP contribution in [0, 0.1) is 5.41 Å². The number of benzene rings is 1. The molecule has 0 aliphatic carbocycles. The zero-order valence-corrected chi connectivity index (χ0v) is 15.1. The van der Waals surface area contributed by atoms with E-state index in [0.717, 1.165) is 5.56 Å². The van der Waals surface area contributed by atoms with E-state index in [1.807, 2.05) is 0 Å². The van der Waals surface area contributed by atoms with Crippen molar-refractivity contribution in [1.29, 1.82) is 0 Å². The van der Waals surface area contributed by atoms with E-state index in [-0.39, 0.29) is 18.4 Å². The van der Waals surface area contributed by atoms with Gasteiger partial charge in [0.05, 0.1) is 26.7 Å². The van der Waals surface area contributed by atoms with Crippen LogP contribution in [0.4, 0.5) is 0 Å². The lowest BCUT2D eigenvalue weighted by atomic mass is 9.81. The van der Waals surface area contributed by atoms with Crippen LogP contribution in [0.25, 0.3) is 0 Å². The van der Waals surface area contributed by atoms with Gasteiger partial charge in [-0.25, -0.2) is 0 Å². The van der Waals surface area contributed by atoms with E-state index in [9.17, 15) is 4.79 Å². The molecule has 0 spiro atoms. The van der Waals surface area contributed by atoms with Crippen molar-refractivity contribution in [3.8, 4) is 11.5 Å². The fraction of sp³-hybridized carbons (Fsp3) is 0.500. The molecule has 0 aliphatic heterocycles. The summed E-state index contributed by atoms with van der Waals surface area (Å²) in [5.41, 5.74) is 6.09. The molecule has 21 heavy (non-hydrogen) atoms. The molecule has 0 radical (unpaired) electrons. The van der Waals surface area contributed by atoms with Crippen LogP contribution in [0.3, 0.4) is 0 Å². The predicted molar refractivity (Wildman–Crippen MR) is 87.2 cm³/mol. The summed E-state index contributed by atoms with van der Waals surface area (Å²) in [4.78, 5) is 11.9. The van der Waals surface area contributed by atoms with Gasteiger partial charge in [-0.3, -0.25) is 4.79 Å². The van der Waals surface area contributed by atoms with Crippen molar-refractivity contribution < 1.29 is 19.0 Å². The standard InChI is InChI=1S/C14H20BrNO4.ClH/c1-14(2,13(17)20-5)12(16)8-6-9(18-3)11(15)10(7-8)19-4;/h6-7,12H,16H2,1-5H3;1H/t12-;/m0./s1. The second-order valence-corrected chi connectivity index (χ2v) is 5.72. The van der Waals surface area contributed by atoms with E-state index < -0.39 is 11.5 Å². The number of halogens is 2. The largest absolute Gasteiger partial charge is 0.495 e. The van der Waals surface area contributed by atoms with E-state index in [1.54, 1.807) is 40.2 Å². The highest BCUT2D eigenvalue weighted by molar-refractivity contribution is 9.10. The lowest BCUT2D eigenvalue weighted by Gasteiger charge is -2.29. The van der Waals surface area contributed by atoms with Crippen molar-refractivity contribution in [2.45, 2.75) is 19.9 Å². The Labute approximate surface area is 139 Å². The molecule has 0 aliphatic rings. The number of hydrogen-bond acceptors (Lipinski definition) is 5. The lowest BCUT2D eigenvalue weighted by molar-refractivity contribution is -0.152. The maximum Gasteiger partial charge on any atom is 0.313 e. The Bertz CT molecular complexity index is 483. The molecule has 0 aromatic heterocycles. The summed E-state index contributed by atoms with van der Waals surface area (Å²) in [6.45, 7) is 3.48. The van der Waals surface area contributed by atoms with Gasteiger partial charge in [0.1, 0.15) is 16.0 Å². The highest BCUT2D eigenvalue weighted by Gasteiger charge is 2.37. The van der Waals surface area contributed by atoms with Crippen LogP contribution in [-0.4, -0.2) is 27.3 Å². The number of rotatable bonds is 5. The van der Waals surface area contributed by atoms with Crippen molar-refractivity contribution in [1.82, 2.24) is 0 Å². The summed E-state index contributed by atoms with van der Waals surface area (Å²) >= 11 is 3.40. The Balaban J connectivity index is 0.00000400. The molecule has 1 rings (SSSR count). The summed E-state index contributed by atoms with van der Waals surface area (Å²) in [5.74, 6) is 0.816. The zero-order valence-electron chi connectivity index (χ0n) is 12.7. The number of methoxy groups -OCH3 is 3. The maximum atomic E-state index is 11.9. The maximum absolute atomic E-state index is 11.9. The van der Waals surface area contributed by atoms with Crippen LogP contribution in [0.2, 0.25) is 0 Å². The predicted octanol–water partition coefficient (Wildman–Crippen LogP) is 3.09. The molecule has 1 atom stereocenters. The molecular formula is C14H21BrClNO4. The fourth-order valence-electron chi connectivity index (χ4n) is 1.88. The lowest BCUT2D eigenvalue weighted by Crippen LogP contribution is -2.37. The normalized spacial score (nSPS) is 12.1.